The molecule has 0 saturated heterocycles. The van der Waals surface area contributed by atoms with Crippen LogP contribution < -0.4 is 10.6 Å². The second kappa shape index (κ2) is 6.95. The zero-order valence-electron chi connectivity index (χ0n) is 13.7. The number of amides is 2. The van der Waals surface area contributed by atoms with Crippen LogP contribution in [0.15, 0.2) is 24.3 Å². The lowest BCUT2D eigenvalue weighted by Gasteiger charge is -2.22. The molecule has 1 aromatic carbocycles. The number of hydrogen-bond donors (Lipinski definition) is 2. The van der Waals surface area contributed by atoms with Crippen LogP contribution in [-0.2, 0) is 4.79 Å². The van der Waals surface area contributed by atoms with E-state index in [4.69, 9.17) is 0 Å². The lowest BCUT2D eigenvalue weighted by Crippen LogP contribution is -2.40. The van der Waals surface area contributed by atoms with Gasteiger partial charge in [-0.2, -0.15) is 0 Å². The summed E-state index contributed by atoms with van der Waals surface area (Å²) in [5.41, 5.74) is 0.979. The van der Waals surface area contributed by atoms with E-state index < -0.39 is 0 Å². The first-order valence-corrected chi connectivity index (χ1v) is 8.08. The molecule has 22 heavy (non-hydrogen) atoms. The highest BCUT2D eigenvalue weighted by Crippen LogP contribution is 2.25. The second-order valence-corrected chi connectivity index (χ2v) is 7.11. The van der Waals surface area contributed by atoms with Crippen LogP contribution in [0.5, 0.6) is 0 Å². The van der Waals surface area contributed by atoms with Crippen molar-refractivity contribution >= 4 is 17.5 Å². The molecule has 0 atom stereocenters. The highest BCUT2D eigenvalue weighted by atomic mass is 16.2. The quantitative estimate of drug-likeness (QED) is 0.893. The molecule has 4 heteroatoms. The average molecular weight is 302 g/mol. The highest BCUT2D eigenvalue weighted by molar-refractivity contribution is 5.97. The van der Waals surface area contributed by atoms with Gasteiger partial charge in [-0.1, -0.05) is 25.3 Å². The fourth-order valence-electron chi connectivity index (χ4n) is 2.76. The van der Waals surface area contributed by atoms with Gasteiger partial charge in [0.25, 0.3) is 5.91 Å². The lowest BCUT2D eigenvalue weighted by atomic mass is 9.88. The van der Waals surface area contributed by atoms with E-state index in [-0.39, 0.29) is 23.3 Å². The maximum Gasteiger partial charge on any atom is 0.251 e. The first kappa shape index (κ1) is 16.5. The topological polar surface area (TPSA) is 58.2 Å². The molecule has 0 aliphatic heterocycles. The molecule has 1 aromatic rings. The number of hydrogen-bond acceptors (Lipinski definition) is 2. The van der Waals surface area contributed by atoms with Crippen LogP contribution in [0.25, 0.3) is 0 Å². The van der Waals surface area contributed by atoms with Crippen molar-refractivity contribution in [2.45, 2.75) is 58.4 Å². The smallest absolute Gasteiger partial charge is 0.251 e. The van der Waals surface area contributed by atoms with Crippen LogP contribution in [0, 0.1) is 5.92 Å². The van der Waals surface area contributed by atoms with Crippen LogP contribution >= 0.6 is 0 Å². The minimum atomic E-state index is -0.279. The SMILES string of the molecule is CC(C)(C)NC(=O)c1cccc(NC(=O)C2CCCCC2)c1. The zero-order chi connectivity index (χ0) is 16.2. The van der Waals surface area contributed by atoms with Gasteiger partial charge in [-0.3, -0.25) is 9.59 Å². The van der Waals surface area contributed by atoms with Gasteiger partial charge in [-0.05, 0) is 51.8 Å². The number of nitrogens with one attached hydrogen (secondary N) is 2. The number of carbonyl (C=O) groups is 2. The van der Waals surface area contributed by atoms with Gasteiger partial charge < -0.3 is 10.6 Å². The highest BCUT2D eigenvalue weighted by Gasteiger charge is 2.21. The minimum Gasteiger partial charge on any atom is -0.347 e. The molecule has 1 aliphatic carbocycles. The van der Waals surface area contributed by atoms with Crippen LogP contribution in [0.4, 0.5) is 5.69 Å². The maximum absolute atomic E-state index is 12.3. The zero-order valence-corrected chi connectivity index (χ0v) is 13.7. The van der Waals surface area contributed by atoms with Gasteiger partial charge in [-0.25, -0.2) is 0 Å². The van der Waals surface area contributed by atoms with E-state index in [1.807, 2.05) is 26.8 Å². The summed E-state index contributed by atoms with van der Waals surface area (Å²) in [7, 11) is 0. The molecule has 1 saturated carbocycles. The Kier molecular flexibility index (Phi) is 5.22. The summed E-state index contributed by atoms with van der Waals surface area (Å²) in [6, 6.07) is 7.13. The molecule has 1 fully saturated rings. The molecule has 0 heterocycles. The van der Waals surface area contributed by atoms with E-state index in [2.05, 4.69) is 10.6 Å². The molecule has 120 valence electrons. The molecule has 2 rings (SSSR count). The van der Waals surface area contributed by atoms with Crippen molar-refractivity contribution in [3.8, 4) is 0 Å². The number of anilines is 1. The molecule has 0 bridgehead atoms. The van der Waals surface area contributed by atoms with E-state index in [0.717, 1.165) is 25.7 Å². The summed E-state index contributed by atoms with van der Waals surface area (Å²) < 4.78 is 0. The van der Waals surface area contributed by atoms with Crippen molar-refractivity contribution in [2.75, 3.05) is 5.32 Å². The van der Waals surface area contributed by atoms with Crippen LogP contribution in [0.2, 0.25) is 0 Å². The lowest BCUT2D eigenvalue weighted by molar-refractivity contribution is -0.120. The fraction of sp³-hybridized carbons (Fsp3) is 0.556. The standard InChI is InChI=1S/C18H26N2O2/c1-18(2,3)20-17(22)14-10-7-11-15(12-14)19-16(21)13-8-5-4-6-9-13/h7,10-13H,4-6,8-9H2,1-3H3,(H,19,21)(H,20,22). The first-order valence-electron chi connectivity index (χ1n) is 8.08. The third-order valence-corrected chi connectivity index (χ3v) is 3.86. The van der Waals surface area contributed by atoms with E-state index >= 15 is 0 Å². The van der Waals surface area contributed by atoms with Gasteiger partial charge in [0.2, 0.25) is 5.91 Å². The van der Waals surface area contributed by atoms with Crippen molar-refractivity contribution in [3.05, 3.63) is 29.8 Å². The summed E-state index contributed by atoms with van der Waals surface area (Å²) in [6.07, 6.45) is 5.43. The summed E-state index contributed by atoms with van der Waals surface area (Å²) in [5.74, 6) is 0.0650. The molecule has 0 aromatic heterocycles. The normalized spacial score (nSPS) is 16.1. The summed E-state index contributed by atoms with van der Waals surface area (Å²) in [6.45, 7) is 5.83. The predicted molar refractivity (Wildman–Crippen MR) is 88.9 cm³/mol. The molecule has 2 N–H and O–H groups in total. The fourth-order valence-corrected chi connectivity index (χ4v) is 2.76. The van der Waals surface area contributed by atoms with Gasteiger partial charge in [0.05, 0.1) is 0 Å². The van der Waals surface area contributed by atoms with Crippen molar-refractivity contribution in [3.63, 3.8) is 0 Å². The van der Waals surface area contributed by atoms with Crippen LogP contribution in [0.1, 0.15) is 63.2 Å². The van der Waals surface area contributed by atoms with Crippen LogP contribution in [-0.4, -0.2) is 17.4 Å². The number of carbonyl (C=O) groups excluding carboxylic acids is 2. The third-order valence-electron chi connectivity index (χ3n) is 3.86. The predicted octanol–water partition coefficient (Wildman–Crippen LogP) is 3.73. The van der Waals surface area contributed by atoms with Gasteiger partial charge >= 0.3 is 0 Å². The second-order valence-electron chi connectivity index (χ2n) is 7.11. The molecular formula is C18H26N2O2. The van der Waals surface area contributed by atoms with Crippen molar-refractivity contribution in [2.24, 2.45) is 5.92 Å². The Morgan fingerprint density at radius 2 is 1.77 bits per heavy atom. The Hall–Kier alpha value is -1.84. The largest absolute Gasteiger partial charge is 0.347 e. The minimum absolute atomic E-state index is 0.0769. The molecule has 2 amide bonds. The Morgan fingerprint density at radius 3 is 2.41 bits per heavy atom. The number of rotatable bonds is 3. The summed E-state index contributed by atoms with van der Waals surface area (Å²) in [4.78, 5) is 24.4. The molecule has 0 unspecified atom stereocenters. The molecule has 1 aliphatic rings. The monoisotopic (exact) mass is 302 g/mol. The van der Waals surface area contributed by atoms with Crippen molar-refractivity contribution in [1.29, 1.82) is 0 Å². The Balaban J connectivity index is 2.01. The van der Waals surface area contributed by atoms with Gasteiger partial charge in [0.15, 0.2) is 0 Å². The van der Waals surface area contributed by atoms with Gasteiger partial charge in [-0.15, -0.1) is 0 Å². The van der Waals surface area contributed by atoms with Gasteiger partial charge in [0, 0.05) is 22.7 Å². The average Bonchev–Trinajstić information content (AvgIpc) is 2.46. The molecular weight excluding hydrogens is 276 g/mol. The van der Waals surface area contributed by atoms with E-state index in [0.29, 0.717) is 11.3 Å². The molecule has 4 nitrogen and oxygen atoms in total. The van der Waals surface area contributed by atoms with Gasteiger partial charge in [0.1, 0.15) is 0 Å². The maximum atomic E-state index is 12.3. The third kappa shape index (κ3) is 4.86. The summed E-state index contributed by atoms with van der Waals surface area (Å²) >= 11 is 0. The van der Waals surface area contributed by atoms with E-state index in [1.54, 1.807) is 18.2 Å². The Morgan fingerprint density at radius 1 is 1.09 bits per heavy atom. The van der Waals surface area contributed by atoms with E-state index in [9.17, 15) is 9.59 Å². The van der Waals surface area contributed by atoms with E-state index in [1.165, 1.54) is 6.42 Å². The molecule has 0 spiro atoms. The van der Waals surface area contributed by atoms with Crippen LogP contribution in [0.3, 0.4) is 0 Å². The first-order chi connectivity index (χ1) is 10.3. The number of benzene rings is 1. The molecule has 0 radical (unpaired) electrons. The van der Waals surface area contributed by atoms with Crippen molar-refractivity contribution < 1.29 is 9.59 Å². The van der Waals surface area contributed by atoms with Crippen molar-refractivity contribution in [1.82, 2.24) is 5.32 Å². The Bertz CT molecular complexity index is 540. The Labute approximate surface area is 132 Å². The summed E-state index contributed by atoms with van der Waals surface area (Å²) in [5, 5.41) is 5.88.